The van der Waals surface area contributed by atoms with E-state index in [9.17, 15) is 0 Å². The predicted octanol–water partition coefficient (Wildman–Crippen LogP) is 5.06. The molecular formula is C28H25N2OP. The van der Waals surface area contributed by atoms with Crippen LogP contribution in [0.2, 0.25) is 0 Å². The molecule has 3 aromatic carbocycles. The van der Waals surface area contributed by atoms with Gasteiger partial charge < -0.3 is 4.57 Å². The summed E-state index contributed by atoms with van der Waals surface area (Å²) in [6, 6.07) is 21.0. The van der Waals surface area contributed by atoms with E-state index in [0.717, 1.165) is 49.4 Å². The van der Waals surface area contributed by atoms with Gasteiger partial charge in [-0.3, -0.25) is 9.97 Å². The highest BCUT2D eigenvalue weighted by atomic mass is 31.2. The molecule has 2 aliphatic heterocycles. The Kier molecular flexibility index (Phi) is 3.85. The van der Waals surface area contributed by atoms with Gasteiger partial charge in [0.1, 0.15) is 0 Å². The van der Waals surface area contributed by atoms with Crippen LogP contribution in [0.25, 0.3) is 11.3 Å². The van der Waals surface area contributed by atoms with Gasteiger partial charge in [-0.15, -0.1) is 0 Å². The number of rotatable bonds is 1. The van der Waals surface area contributed by atoms with Crippen molar-refractivity contribution in [2.75, 3.05) is 0 Å². The zero-order chi connectivity index (χ0) is 22.3. The first-order valence-corrected chi connectivity index (χ1v) is 12.7. The second-order valence-corrected chi connectivity index (χ2v) is 12.5. The summed E-state index contributed by atoms with van der Waals surface area (Å²) in [5.41, 5.74) is 5.87. The molecule has 0 saturated heterocycles. The lowest BCUT2D eigenvalue weighted by molar-refractivity contribution is 0.577. The van der Waals surface area contributed by atoms with Crippen LogP contribution in [0.3, 0.4) is 0 Å². The monoisotopic (exact) mass is 436 g/mol. The van der Waals surface area contributed by atoms with E-state index in [1.54, 1.807) is 12.4 Å². The van der Waals surface area contributed by atoms with E-state index in [1.807, 2.05) is 18.3 Å². The molecule has 3 heterocycles. The third-order valence-corrected chi connectivity index (χ3v) is 10.7. The maximum atomic E-state index is 15.3. The Balaban J connectivity index is 1.82. The minimum Gasteiger partial charge on any atom is -0.309 e. The lowest BCUT2D eigenvalue weighted by Gasteiger charge is -2.47. The van der Waals surface area contributed by atoms with Crippen LogP contribution in [0, 0.1) is 0 Å². The Bertz CT molecular complexity index is 1370. The van der Waals surface area contributed by atoms with Gasteiger partial charge in [-0.1, -0.05) is 76.2 Å². The normalized spacial score (nSPS) is 18.2. The fourth-order valence-corrected chi connectivity index (χ4v) is 9.82. The molecule has 4 aromatic rings. The number of benzene rings is 3. The van der Waals surface area contributed by atoms with Crippen molar-refractivity contribution in [3.63, 3.8) is 0 Å². The van der Waals surface area contributed by atoms with Crippen molar-refractivity contribution in [3.05, 3.63) is 102 Å². The van der Waals surface area contributed by atoms with Gasteiger partial charge in [-0.05, 0) is 34.4 Å². The maximum absolute atomic E-state index is 15.3. The van der Waals surface area contributed by atoms with Gasteiger partial charge in [0.15, 0.2) is 7.14 Å². The molecule has 0 saturated carbocycles. The molecule has 0 aliphatic carbocycles. The van der Waals surface area contributed by atoms with Crippen molar-refractivity contribution in [1.29, 1.82) is 0 Å². The predicted molar refractivity (Wildman–Crippen MR) is 131 cm³/mol. The second-order valence-electron chi connectivity index (χ2n) is 9.90. The standard InChI is InChI=1S/C28H25N2OP/c1-27(2)19-9-5-7-11-24(19)32(31)25-12-8-6-10-20(25)28(3,4)22-16-18(15-21(27)26(22)32)23-17-29-13-14-30-23/h5-17H,1-4H3. The van der Waals surface area contributed by atoms with Gasteiger partial charge in [0, 0.05) is 44.7 Å². The van der Waals surface area contributed by atoms with Crippen molar-refractivity contribution in [2.24, 2.45) is 0 Å². The van der Waals surface area contributed by atoms with E-state index < -0.39 is 7.14 Å². The zero-order valence-electron chi connectivity index (χ0n) is 18.8. The number of fused-ring (bicyclic) bond motifs is 4. The minimum absolute atomic E-state index is 0.283. The molecule has 4 heteroatoms. The molecule has 6 rings (SSSR count). The maximum Gasteiger partial charge on any atom is 0.172 e. The fraction of sp³-hybridized carbons (Fsp3) is 0.214. The van der Waals surface area contributed by atoms with Gasteiger partial charge in [-0.2, -0.15) is 0 Å². The lowest BCUT2D eigenvalue weighted by atomic mass is 9.71. The molecule has 158 valence electrons. The summed E-state index contributed by atoms with van der Waals surface area (Å²) in [5, 5.41) is 2.99. The molecule has 0 unspecified atom stereocenters. The molecule has 0 bridgehead atoms. The molecular weight excluding hydrogens is 411 g/mol. The Morgan fingerprint density at radius 2 is 1.25 bits per heavy atom. The smallest absolute Gasteiger partial charge is 0.172 e. The highest BCUT2D eigenvalue weighted by Crippen LogP contribution is 2.59. The SMILES string of the molecule is CC1(C)c2ccccc2P2(=O)c3ccccc3C(C)(C)c3cc(-c4cnccn4)cc1c32. The van der Waals surface area contributed by atoms with Crippen LogP contribution in [0.4, 0.5) is 0 Å². The molecule has 2 aliphatic rings. The summed E-state index contributed by atoms with van der Waals surface area (Å²) in [6.45, 7) is 9.00. The Labute approximate surface area is 189 Å². The van der Waals surface area contributed by atoms with Crippen LogP contribution in [0.1, 0.15) is 49.9 Å². The van der Waals surface area contributed by atoms with E-state index in [4.69, 9.17) is 0 Å². The first kappa shape index (κ1) is 19.6. The van der Waals surface area contributed by atoms with Gasteiger partial charge in [0.25, 0.3) is 0 Å². The number of hydrogen-bond donors (Lipinski definition) is 0. The van der Waals surface area contributed by atoms with Crippen LogP contribution in [0.15, 0.2) is 79.3 Å². The molecule has 1 aromatic heterocycles. The van der Waals surface area contributed by atoms with Crippen molar-refractivity contribution < 1.29 is 4.57 Å². The average Bonchev–Trinajstić information content (AvgIpc) is 2.82. The van der Waals surface area contributed by atoms with E-state index in [1.165, 1.54) is 0 Å². The van der Waals surface area contributed by atoms with Crippen LogP contribution in [-0.2, 0) is 15.4 Å². The van der Waals surface area contributed by atoms with Gasteiger partial charge >= 0.3 is 0 Å². The van der Waals surface area contributed by atoms with E-state index >= 15 is 4.57 Å². The van der Waals surface area contributed by atoms with Crippen molar-refractivity contribution in [2.45, 2.75) is 38.5 Å². The summed E-state index contributed by atoms with van der Waals surface area (Å²) in [7, 11) is -3.02. The molecule has 0 spiro atoms. The molecule has 0 amide bonds. The summed E-state index contributed by atoms with van der Waals surface area (Å²) in [4.78, 5) is 8.88. The fourth-order valence-electron chi connectivity index (χ4n) is 5.74. The molecule has 32 heavy (non-hydrogen) atoms. The largest absolute Gasteiger partial charge is 0.309 e. The van der Waals surface area contributed by atoms with Crippen LogP contribution >= 0.6 is 7.14 Å². The molecule has 0 radical (unpaired) electrons. The summed E-state index contributed by atoms with van der Waals surface area (Å²) >= 11 is 0. The molecule has 3 nitrogen and oxygen atoms in total. The quantitative estimate of drug-likeness (QED) is 0.392. The molecule has 0 fully saturated rings. The average molecular weight is 436 g/mol. The third-order valence-electron chi connectivity index (χ3n) is 7.46. The van der Waals surface area contributed by atoms with Gasteiger partial charge in [0.2, 0.25) is 0 Å². The van der Waals surface area contributed by atoms with Crippen molar-refractivity contribution in [1.82, 2.24) is 9.97 Å². The summed E-state index contributed by atoms with van der Waals surface area (Å²) in [5.74, 6) is 0. The van der Waals surface area contributed by atoms with Crippen molar-refractivity contribution >= 4 is 23.1 Å². The number of aromatic nitrogens is 2. The number of nitrogens with zero attached hydrogens (tertiary/aromatic N) is 2. The van der Waals surface area contributed by atoms with Crippen LogP contribution in [0.5, 0.6) is 0 Å². The van der Waals surface area contributed by atoms with E-state index in [2.05, 4.69) is 86.2 Å². The van der Waals surface area contributed by atoms with E-state index in [-0.39, 0.29) is 10.8 Å². The Hall–Kier alpha value is -3.03. The van der Waals surface area contributed by atoms with E-state index in [0.29, 0.717) is 0 Å². The Morgan fingerprint density at radius 1 is 0.719 bits per heavy atom. The van der Waals surface area contributed by atoms with Gasteiger partial charge in [0.05, 0.1) is 11.9 Å². The second kappa shape index (κ2) is 6.27. The first-order chi connectivity index (χ1) is 15.3. The minimum atomic E-state index is -3.02. The van der Waals surface area contributed by atoms with Gasteiger partial charge in [-0.25, -0.2) is 0 Å². The van der Waals surface area contributed by atoms with Crippen molar-refractivity contribution in [3.8, 4) is 11.3 Å². The molecule has 0 N–H and O–H groups in total. The summed E-state index contributed by atoms with van der Waals surface area (Å²) < 4.78 is 15.3. The first-order valence-electron chi connectivity index (χ1n) is 11.0. The summed E-state index contributed by atoms with van der Waals surface area (Å²) in [6.07, 6.45) is 5.23. The Morgan fingerprint density at radius 3 is 1.75 bits per heavy atom. The lowest BCUT2D eigenvalue weighted by Crippen LogP contribution is -2.50. The third kappa shape index (κ3) is 2.30. The van der Waals surface area contributed by atoms with Crippen LogP contribution in [-0.4, -0.2) is 9.97 Å². The topological polar surface area (TPSA) is 42.9 Å². The zero-order valence-corrected chi connectivity index (χ0v) is 19.6. The number of hydrogen-bond acceptors (Lipinski definition) is 3. The molecule has 0 atom stereocenters. The highest BCUT2D eigenvalue weighted by Gasteiger charge is 2.52. The highest BCUT2D eigenvalue weighted by molar-refractivity contribution is 7.86. The van der Waals surface area contributed by atoms with Crippen LogP contribution < -0.4 is 15.9 Å².